The lowest BCUT2D eigenvalue weighted by Gasteiger charge is -2.49. The van der Waals surface area contributed by atoms with Crippen LogP contribution in [0.2, 0.25) is 0 Å². The number of esters is 1. The molecule has 1 aromatic carbocycles. The monoisotopic (exact) mass is 492 g/mol. The van der Waals surface area contributed by atoms with Crippen molar-refractivity contribution in [2.24, 2.45) is 11.8 Å². The Morgan fingerprint density at radius 3 is 2.54 bits per heavy atom. The van der Waals surface area contributed by atoms with Crippen LogP contribution in [0, 0.1) is 11.8 Å². The lowest BCUT2D eigenvalue weighted by Crippen LogP contribution is -2.59. The minimum absolute atomic E-state index is 0.00916. The summed E-state index contributed by atoms with van der Waals surface area (Å²) in [6.07, 6.45) is 2.32. The average Bonchev–Trinajstić information content (AvgIpc) is 3.17. The second-order valence-corrected chi connectivity index (χ2v) is 10.5. The zero-order valence-corrected chi connectivity index (χ0v) is 19.7. The molecule has 1 saturated carbocycles. The molecule has 3 aliphatic heterocycles. The fourth-order valence-electron chi connectivity index (χ4n) is 6.68. The van der Waals surface area contributed by atoms with Gasteiger partial charge in [-0.2, -0.15) is 13.2 Å². The minimum Gasteiger partial charge on any atom is -0.458 e. The molecule has 1 spiro atoms. The number of nitrogens with zero attached hydrogens (tertiary/aromatic N) is 2. The van der Waals surface area contributed by atoms with E-state index in [9.17, 15) is 27.6 Å². The van der Waals surface area contributed by atoms with Crippen LogP contribution in [-0.4, -0.2) is 58.9 Å². The van der Waals surface area contributed by atoms with Crippen LogP contribution in [-0.2, 0) is 20.5 Å². The largest absolute Gasteiger partial charge is 0.458 e. The highest BCUT2D eigenvalue weighted by Gasteiger charge is 2.55. The van der Waals surface area contributed by atoms with Crippen LogP contribution in [0.3, 0.4) is 0 Å². The van der Waals surface area contributed by atoms with Crippen molar-refractivity contribution in [3.05, 3.63) is 35.4 Å². The van der Waals surface area contributed by atoms with Crippen molar-refractivity contribution in [2.45, 2.75) is 75.6 Å². The molecule has 1 aromatic rings. The van der Waals surface area contributed by atoms with Crippen molar-refractivity contribution in [1.29, 1.82) is 0 Å². The molecule has 0 N–H and O–H groups in total. The van der Waals surface area contributed by atoms with Gasteiger partial charge < -0.3 is 14.5 Å². The fraction of sp³-hybridized carbons (Fsp3) is 0.654. The fourth-order valence-corrected chi connectivity index (χ4v) is 6.68. The Morgan fingerprint density at radius 1 is 1.03 bits per heavy atom. The van der Waals surface area contributed by atoms with Crippen LogP contribution in [0.4, 0.5) is 13.2 Å². The molecule has 3 saturated heterocycles. The Kier molecular flexibility index (Phi) is 6.30. The predicted molar refractivity (Wildman–Crippen MR) is 120 cm³/mol. The van der Waals surface area contributed by atoms with Gasteiger partial charge >= 0.3 is 12.1 Å². The summed E-state index contributed by atoms with van der Waals surface area (Å²) >= 11 is 0. The number of alkyl halides is 3. The number of hydrogen-bond donors (Lipinski definition) is 0. The van der Waals surface area contributed by atoms with Crippen LogP contribution < -0.4 is 0 Å². The van der Waals surface area contributed by atoms with Gasteiger partial charge in [-0.1, -0.05) is 12.5 Å². The first-order valence-corrected chi connectivity index (χ1v) is 12.7. The van der Waals surface area contributed by atoms with Gasteiger partial charge in [-0.3, -0.25) is 14.4 Å². The van der Waals surface area contributed by atoms with E-state index >= 15 is 0 Å². The number of rotatable bonds is 2. The molecule has 4 aliphatic rings. The van der Waals surface area contributed by atoms with Crippen LogP contribution >= 0.6 is 0 Å². The Hall–Kier alpha value is -2.58. The number of halogens is 3. The van der Waals surface area contributed by atoms with Crippen molar-refractivity contribution >= 4 is 17.8 Å². The quantitative estimate of drug-likeness (QED) is 0.573. The first-order chi connectivity index (χ1) is 16.7. The summed E-state index contributed by atoms with van der Waals surface area (Å²) in [6.45, 7) is 1.42. The van der Waals surface area contributed by atoms with Crippen LogP contribution in [0.1, 0.15) is 73.7 Å². The van der Waals surface area contributed by atoms with Gasteiger partial charge in [0.05, 0.1) is 17.9 Å². The maximum Gasteiger partial charge on any atom is 0.416 e. The topological polar surface area (TPSA) is 66.9 Å². The van der Waals surface area contributed by atoms with Crippen molar-refractivity contribution in [3.63, 3.8) is 0 Å². The smallest absolute Gasteiger partial charge is 0.416 e. The molecule has 0 bridgehead atoms. The van der Waals surface area contributed by atoms with E-state index in [1.807, 2.05) is 4.90 Å². The first kappa shape index (κ1) is 24.1. The molecule has 4 fully saturated rings. The van der Waals surface area contributed by atoms with E-state index in [4.69, 9.17) is 4.74 Å². The number of ether oxygens (including phenoxy) is 1. The molecule has 190 valence electrons. The van der Waals surface area contributed by atoms with Crippen molar-refractivity contribution in [1.82, 2.24) is 9.80 Å². The Bertz CT molecular complexity index is 1000. The van der Waals surface area contributed by atoms with E-state index in [2.05, 4.69) is 0 Å². The molecule has 5 rings (SSSR count). The maximum atomic E-state index is 13.7. The van der Waals surface area contributed by atoms with E-state index < -0.39 is 29.2 Å². The van der Waals surface area contributed by atoms with Gasteiger partial charge in [-0.15, -0.1) is 0 Å². The lowest BCUT2D eigenvalue weighted by atomic mass is 9.74. The van der Waals surface area contributed by atoms with Gasteiger partial charge in [-0.25, -0.2) is 0 Å². The van der Waals surface area contributed by atoms with Crippen LogP contribution in [0.25, 0.3) is 0 Å². The third-order valence-electron chi connectivity index (χ3n) is 8.40. The molecular formula is C26H31F3N2O4. The molecule has 2 amide bonds. The van der Waals surface area contributed by atoms with Gasteiger partial charge in [0.1, 0.15) is 5.60 Å². The van der Waals surface area contributed by atoms with E-state index in [0.29, 0.717) is 26.1 Å². The van der Waals surface area contributed by atoms with Gasteiger partial charge in [0.25, 0.3) is 5.91 Å². The highest BCUT2D eigenvalue weighted by atomic mass is 19.4. The van der Waals surface area contributed by atoms with E-state index in [1.165, 1.54) is 12.1 Å². The third-order valence-corrected chi connectivity index (χ3v) is 8.40. The van der Waals surface area contributed by atoms with Gasteiger partial charge in [0.2, 0.25) is 5.91 Å². The number of fused-ring (bicyclic) bond motifs is 1. The molecule has 3 heterocycles. The van der Waals surface area contributed by atoms with Gasteiger partial charge in [0.15, 0.2) is 0 Å². The number of carbonyl (C=O) groups is 3. The Morgan fingerprint density at radius 2 is 1.80 bits per heavy atom. The number of likely N-dealkylation sites (tertiary alicyclic amines) is 2. The summed E-state index contributed by atoms with van der Waals surface area (Å²) in [6, 6.07) is 4.52. The second-order valence-electron chi connectivity index (χ2n) is 10.5. The molecule has 0 radical (unpaired) electrons. The summed E-state index contributed by atoms with van der Waals surface area (Å²) in [5.41, 5.74) is -1.47. The molecule has 3 atom stereocenters. The standard InChI is InChI=1S/C26H31F3N2O4/c27-26(28,29)19-8-4-6-17(14-19)23(33)30-13-9-21-18(16-30)7-5-12-31(21)24(34)20-15-22(32)35-25(20)10-2-1-3-11-25/h4,6,8,14,18,20-21H,1-3,5,7,9-13,15-16H2/t18-,20?,21-/m1/s1. The van der Waals surface area contributed by atoms with Crippen LogP contribution in [0.5, 0.6) is 0 Å². The average molecular weight is 493 g/mol. The van der Waals surface area contributed by atoms with Crippen molar-refractivity contribution in [2.75, 3.05) is 19.6 Å². The Balaban J connectivity index is 1.29. The minimum atomic E-state index is -4.51. The number of piperidine rings is 2. The van der Waals surface area contributed by atoms with E-state index in [1.54, 1.807) is 4.90 Å². The predicted octanol–water partition coefficient (Wildman–Crippen LogP) is 4.42. The molecule has 1 aliphatic carbocycles. The van der Waals surface area contributed by atoms with E-state index in [0.717, 1.165) is 57.1 Å². The highest BCUT2D eigenvalue weighted by Crippen LogP contribution is 2.46. The first-order valence-electron chi connectivity index (χ1n) is 12.7. The molecule has 1 unspecified atom stereocenters. The molecule has 6 nitrogen and oxygen atoms in total. The molecule has 9 heteroatoms. The van der Waals surface area contributed by atoms with Crippen LogP contribution in [0.15, 0.2) is 24.3 Å². The Labute approximate surface area is 202 Å². The van der Waals surface area contributed by atoms with Crippen molar-refractivity contribution in [3.8, 4) is 0 Å². The number of amides is 2. The van der Waals surface area contributed by atoms with E-state index in [-0.39, 0.29) is 35.8 Å². The summed E-state index contributed by atoms with van der Waals surface area (Å²) < 4.78 is 45.1. The third kappa shape index (κ3) is 4.54. The maximum absolute atomic E-state index is 13.7. The van der Waals surface area contributed by atoms with Gasteiger partial charge in [0, 0.05) is 31.2 Å². The summed E-state index contributed by atoms with van der Waals surface area (Å²) in [4.78, 5) is 42.6. The summed E-state index contributed by atoms with van der Waals surface area (Å²) in [5.74, 6) is -1.09. The SMILES string of the molecule is O=C1CC(C(=O)N2CCC[C@@H]3CN(C(=O)c4cccc(C(F)(F)F)c4)CC[C@H]32)C2(CCCCC2)O1. The lowest BCUT2D eigenvalue weighted by molar-refractivity contribution is -0.158. The normalized spacial score (nSPS) is 28.5. The summed E-state index contributed by atoms with van der Waals surface area (Å²) in [5, 5.41) is 0. The molecule has 0 aromatic heterocycles. The van der Waals surface area contributed by atoms with Crippen molar-refractivity contribution < 1.29 is 32.3 Å². The molecule has 35 heavy (non-hydrogen) atoms. The number of carbonyl (C=O) groups excluding carboxylic acids is 3. The molecular weight excluding hydrogens is 461 g/mol. The second kappa shape index (κ2) is 9.13. The van der Waals surface area contributed by atoms with Gasteiger partial charge in [-0.05, 0) is 69.1 Å². The summed E-state index contributed by atoms with van der Waals surface area (Å²) in [7, 11) is 0. The zero-order valence-electron chi connectivity index (χ0n) is 19.7. The number of benzene rings is 1. The zero-order chi connectivity index (χ0) is 24.8. The highest BCUT2D eigenvalue weighted by molar-refractivity contribution is 5.94. The number of hydrogen-bond acceptors (Lipinski definition) is 4.